The molecule has 0 radical (unpaired) electrons. The van der Waals surface area contributed by atoms with Crippen LogP contribution in [0.2, 0.25) is 5.02 Å². The second kappa shape index (κ2) is 9.54. The summed E-state index contributed by atoms with van der Waals surface area (Å²) in [6, 6.07) is 4.11. The van der Waals surface area contributed by atoms with Gasteiger partial charge < -0.3 is 20.4 Å². The molecule has 3 heterocycles. The molecule has 0 spiro atoms. The van der Waals surface area contributed by atoms with Crippen molar-refractivity contribution in [3.05, 3.63) is 52.1 Å². The molecule has 1 saturated heterocycles. The number of rotatable bonds is 5. The summed E-state index contributed by atoms with van der Waals surface area (Å²) in [5, 5.41) is 6.14. The summed E-state index contributed by atoms with van der Waals surface area (Å²) in [7, 11) is 1.98. The van der Waals surface area contributed by atoms with Gasteiger partial charge >= 0.3 is 6.03 Å². The summed E-state index contributed by atoms with van der Waals surface area (Å²) in [6.45, 7) is 3.48. The number of alkyl halides is 1. The molecule has 3 unspecified atom stereocenters. The van der Waals surface area contributed by atoms with Gasteiger partial charge in [-0.3, -0.25) is 0 Å². The molecule has 2 aromatic rings. The quantitative estimate of drug-likeness (QED) is 0.711. The highest BCUT2D eigenvalue weighted by molar-refractivity contribution is 6.30. The van der Waals surface area contributed by atoms with Gasteiger partial charge in [-0.15, -0.1) is 0 Å². The predicted octanol–water partition coefficient (Wildman–Crippen LogP) is 3.20. The maximum atomic E-state index is 14.0. The van der Waals surface area contributed by atoms with Crippen molar-refractivity contribution in [1.82, 2.24) is 25.1 Å². The minimum absolute atomic E-state index is 0.0342. The fourth-order valence-corrected chi connectivity index (χ4v) is 4.40. The Kier molecular flexibility index (Phi) is 6.76. The van der Waals surface area contributed by atoms with Crippen molar-refractivity contribution in [3.63, 3.8) is 0 Å². The predicted molar refractivity (Wildman–Crippen MR) is 119 cm³/mol. The van der Waals surface area contributed by atoms with Crippen molar-refractivity contribution < 1.29 is 13.6 Å². The van der Waals surface area contributed by atoms with Gasteiger partial charge in [0.1, 0.15) is 12.5 Å². The van der Waals surface area contributed by atoms with Crippen molar-refractivity contribution in [2.45, 2.75) is 37.9 Å². The second-order valence-electron chi connectivity index (χ2n) is 8.59. The third-order valence-electron chi connectivity index (χ3n) is 6.02. The number of urea groups is 1. The largest absolute Gasteiger partial charge is 0.349 e. The Bertz CT molecular complexity index is 993. The second-order valence-corrected chi connectivity index (χ2v) is 9.00. The van der Waals surface area contributed by atoms with Crippen LogP contribution in [0.25, 0.3) is 0 Å². The van der Waals surface area contributed by atoms with Gasteiger partial charge in [-0.1, -0.05) is 17.7 Å². The van der Waals surface area contributed by atoms with Gasteiger partial charge in [0.2, 0.25) is 5.95 Å². The van der Waals surface area contributed by atoms with Crippen LogP contribution in [0.1, 0.15) is 29.7 Å². The molecule has 4 rings (SSSR count). The molecule has 32 heavy (non-hydrogen) atoms. The molecular formula is C22H27ClF2N6O. The monoisotopic (exact) mass is 464 g/mol. The number of fused-ring (bicyclic) bond motifs is 1. The van der Waals surface area contributed by atoms with Gasteiger partial charge in [0.15, 0.2) is 0 Å². The Morgan fingerprint density at radius 1 is 1.38 bits per heavy atom. The lowest BCUT2D eigenvalue weighted by Gasteiger charge is -2.30. The number of hydrogen-bond donors (Lipinski definition) is 2. The summed E-state index contributed by atoms with van der Waals surface area (Å²) in [6.07, 6.45) is 2.39. The fraction of sp³-hybridized carbons (Fsp3) is 0.500. The first-order valence-corrected chi connectivity index (χ1v) is 11.1. The zero-order chi connectivity index (χ0) is 22.8. The number of carbonyl (C=O) groups is 1. The highest BCUT2D eigenvalue weighted by Gasteiger charge is 2.35. The number of benzene rings is 1. The summed E-state index contributed by atoms with van der Waals surface area (Å²) in [5.74, 6) is -0.130. The number of anilines is 1. The molecule has 3 atom stereocenters. The van der Waals surface area contributed by atoms with E-state index in [0.29, 0.717) is 38.5 Å². The molecule has 2 amide bonds. The van der Waals surface area contributed by atoms with Crippen LogP contribution in [0.3, 0.4) is 0 Å². The minimum atomic E-state index is -0.524. The van der Waals surface area contributed by atoms with Crippen molar-refractivity contribution in [2.75, 3.05) is 38.7 Å². The summed E-state index contributed by atoms with van der Waals surface area (Å²) in [4.78, 5) is 25.6. The number of aromatic nitrogens is 2. The topological polar surface area (TPSA) is 73.4 Å². The SMILES string of the molecule is CC(CF)Nc1ncc2c(n1)CN(C(=O)NC1CN(C)CC1c1ccc(Cl)c(F)c1)CC2. The molecule has 1 aromatic carbocycles. The van der Waals surface area contributed by atoms with Gasteiger partial charge in [0.05, 0.1) is 29.3 Å². The maximum Gasteiger partial charge on any atom is 0.318 e. The molecule has 2 aliphatic rings. The Hall–Kier alpha value is -2.52. The van der Waals surface area contributed by atoms with Gasteiger partial charge in [-0.2, -0.15) is 0 Å². The third kappa shape index (κ3) is 4.94. The van der Waals surface area contributed by atoms with Crippen molar-refractivity contribution >= 4 is 23.6 Å². The first-order valence-electron chi connectivity index (χ1n) is 10.7. The number of carbonyl (C=O) groups excluding carboxylic acids is 1. The van der Waals surface area contributed by atoms with E-state index in [-0.39, 0.29) is 29.1 Å². The van der Waals surface area contributed by atoms with E-state index < -0.39 is 12.5 Å². The average molecular weight is 465 g/mol. The van der Waals surface area contributed by atoms with Crippen molar-refractivity contribution in [1.29, 1.82) is 0 Å². The van der Waals surface area contributed by atoms with Crippen LogP contribution in [0.15, 0.2) is 24.4 Å². The number of amides is 2. The molecule has 10 heteroatoms. The van der Waals surface area contributed by atoms with Crippen LogP contribution in [0, 0.1) is 5.82 Å². The Balaban J connectivity index is 1.44. The van der Waals surface area contributed by atoms with E-state index >= 15 is 0 Å². The number of nitrogens with one attached hydrogen (secondary N) is 2. The van der Waals surface area contributed by atoms with Crippen molar-refractivity contribution in [3.8, 4) is 0 Å². The first-order chi connectivity index (χ1) is 15.3. The number of likely N-dealkylation sites (N-methyl/N-ethyl adjacent to an activating group) is 1. The van der Waals surface area contributed by atoms with E-state index in [9.17, 15) is 13.6 Å². The van der Waals surface area contributed by atoms with Crippen LogP contribution in [0.4, 0.5) is 19.5 Å². The van der Waals surface area contributed by atoms with Gasteiger partial charge in [0.25, 0.3) is 0 Å². The van der Waals surface area contributed by atoms with Crippen LogP contribution in [-0.2, 0) is 13.0 Å². The standard InChI is InChI=1S/C22H27ClF2N6O/c1-13(8-24)27-21-26-9-15-5-6-31(12-19(15)28-21)22(32)29-20-11-30(2)10-16(20)14-3-4-17(23)18(25)7-14/h3-4,7,9,13,16,20H,5-6,8,10-12H2,1-2H3,(H,29,32)(H,26,27,28). The van der Waals surface area contributed by atoms with Gasteiger partial charge in [0, 0.05) is 31.7 Å². The molecular weight excluding hydrogens is 438 g/mol. The Labute approximate surface area is 191 Å². The minimum Gasteiger partial charge on any atom is -0.349 e. The number of nitrogens with zero attached hydrogens (tertiary/aromatic N) is 4. The molecule has 7 nitrogen and oxygen atoms in total. The molecule has 1 fully saturated rings. The molecule has 2 N–H and O–H groups in total. The van der Waals surface area contributed by atoms with Crippen LogP contribution < -0.4 is 10.6 Å². The van der Waals surface area contributed by atoms with E-state index in [0.717, 1.165) is 16.8 Å². The molecule has 0 aliphatic carbocycles. The van der Waals surface area contributed by atoms with Gasteiger partial charge in [-0.05, 0) is 43.7 Å². The third-order valence-corrected chi connectivity index (χ3v) is 6.33. The molecule has 2 aliphatic heterocycles. The lowest BCUT2D eigenvalue weighted by molar-refractivity contribution is 0.186. The summed E-state index contributed by atoms with van der Waals surface area (Å²) < 4.78 is 26.8. The number of hydrogen-bond acceptors (Lipinski definition) is 5. The Morgan fingerprint density at radius 2 is 2.19 bits per heavy atom. The van der Waals surface area contributed by atoms with E-state index in [1.54, 1.807) is 24.1 Å². The van der Waals surface area contributed by atoms with Crippen molar-refractivity contribution in [2.24, 2.45) is 0 Å². The lowest BCUT2D eigenvalue weighted by Crippen LogP contribution is -2.49. The fourth-order valence-electron chi connectivity index (χ4n) is 4.28. The lowest BCUT2D eigenvalue weighted by atomic mass is 9.94. The zero-order valence-electron chi connectivity index (χ0n) is 18.1. The molecule has 0 bridgehead atoms. The molecule has 172 valence electrons. The van der Waals surface area contributed by atoms with Crippen LogP contribution >= 0.6 is 11.6 Å². The normalized spacial score (nSPS) is 21.8. The van der Waals surface area contributed by atoms with Crippen LogP contribution in [-0.4, -0.2) is 71.2 Å². The smallest absolute Gasteiger partial charge is 0.318 e. The number of likely N-dealkylation sites (tertiary alicyclic amines) is 1. The van der Waals surface area contributed by atoms with E-state index in [1.807, 2.05) is 13.1 Å². The zero-order valence-corrected chi connectivity index (χ0v) is 18.9. The van der Waals surface area contributed by atoms with E-state index in [4.69, 9.17) is 11.6 Å². The number of halogens is 3. The van der Waals surface area contributed by atoms with Gasteiger partial charge in [-0.25, -0.2) is 23.5 Å². The average Bonchev–Trinajstić information content (AvgIpc) is 3.14. The van der Waals surface area contributed by atoms with Crippen LogP contribution in [0.5, 0.6) is 0 Å². The van der Waals surface area contributed by atoms with E-state index in [2.05, 4.69) is 25.5 Å². The first kappa shape index (κ1) is 22.7. The summed E-state index contributed by atoms with van der Waals surface area (Å²) >= 11 is 5.83. The van der Waals surface area contributed by atoms with E-state index in [1.165, 1.54) is 6.07 Å². The maximum absolute atomic E-state index is 14.0. The summed E-state index contributed by atoms with van der Waals surface area (Å²) in [5.41, 5.74) is 2.56. The Morgan fingerprint density at radius 3 is 2.94 bits per heavy atom. The highest BCUT2D eigenvalue weighted by Crippen LogP contribution is 2.29. The molecule has 0 saturated carbocycles. The highest BCUT2D eigenvalue weighted by atomic mass is 35.5. The molecule has 1 aromatic heterocycles.